The van der Waals surface area contributed by atoms with E-state index >= 15 is 0 Å². The number of imide groups is 1. The Bertz CT molecular complexity index is 1110. The molecule has 1 atom stereocenters. The summed E-state index contributed by atoms with van der Waals surface area (Å²) < 4.78 is 3.86. The molecule has 0 saturated carbocycles. The minimum absolute atomic E-state index is 0.0533. The third-order valence-electron chi connectivity index (χ3n) is 5.95. The molecular formula is C24H22ClN3O3P. The molecule has 163 valence electrons. The molecule has 0 bridgehead atoms. The maximum Gasteiger partial charge on any atom is 0.247 e. The molecule has 0 aliphatic carbocycles. The molecule has 3 aromatic carbocycles. The number of carbonyl (C=O) groups is 2. The highest BCUT2D eigenvalue weighted by molar-refractivity contribution is 7.75. The van der Waals surface area contributed by atoms with Crippen molar-refractivity contribution in [2.45, 2.75) is 12.1 Å². The number of hydrogen-bond acceptors (Lipinski definition) is 5. The highest BCUT2D eigenvalue weighted by Crippen LogP contribution is 2.71. The molecule has 2 saturated heterocycles. The van der Waals surface area contributed by atoms with Crippen LogP contribution in [0.5, 0.6) is 0 Å². The first kappa shape index (κ1) is 21.0. The number of amides is 2. The maximum atomic E-state index is 13.7. The zero-order valence-corrected chi connectivity index (χ0v) is 18.9. The molecule has 8 heteroatoms. The molecule has 32 heavy (non-hydrogen) atoms. The largest absolute Gasteiger partial charge is 0.345 e. The van der Waals surface area contributed by atoms with E-state index in [2.05, 4.69) is 0 Å². The Balaban J connectivity index is 1.59. The number of hydrogen-bond donors (Lipinski definition) is 1. The smallest absolute Gasteiger partial charge is 0.247 e. The monoisotopic (exact) mass is 466 g/mol. The molecule has 2 amide bonds. The van der Waals surface area contributed by atoms with E-state index in [9.17, 15) is 14.5 Å². The van der Waals surface area contributed by atoms with Crippen molar-refractivity contribution in [1.82, 2.24) is 0 Å². The Morgan fingerprint density at radius 3 is 1.84 bits per heavy atom. The van der Waals surface area contributed by atoms with Crippen molar-refractivity contribution in [2.75, 3.05) is 27.3 Å². The summed E-state index contributed by atoms with van der Waals surface area (Å²) in [6.07, 6.45) is -0.0533. The first-order valence-electron chi connectivity index (χ1n) is 10.4. The van der Waals surface area contributed by atoms with Gasteiger partial charge >= 0.3 is 0 Å². The van der Waals surface area contributed by atoms with Crippen molar-refractivity contribution >= 4 is 48.3 Å². The van der Waals surface area contributed by atoms with Crippen LogP contribution in [0.1, 0.15) is 6.42 Å². The van der Waals surface area contributed by atoms with Gasteiger partial charge in [-0.05, 0) is 42.5 Å². The van der Waals surface area contributed by atoms with Gasteiger partial charge in [-0.2, -0.15) is 0 Å². The SMILES string of the molecule is O=C1CC([P]2(O)N(c3ccccc3)CCN2c2ccccc2)C(=O)N1c1cccc(Cl)c1. The average molecular weight is 467 g/mol. The molecule has 6 nitrogen and oxygen atoms in total. The van der Waals surface area contributed by atoms with Gasteiger partial charge in [0, 0.05) is 35.9 Å². The summed E-state index contributed by atoms with van der Waals surface area (Å²) in [6.45, 7) is 1.11. The molecule has 1 radical (unpaired) electrons. The Morgan fingerprint density at radius 1 is 0.781 bits per heavy atom. The van der Waals surface area contributed by atoms with Crippen molar-refractivity contribution < 1.29 is 14.5 Å². The fourth-order valence-electron chi connectivity index (χ4n) is 4.52. The van der Waals surface area contributed by atoms with Crippen LogP contribution in [-0.2, 0) is 9.59 Å². The predicted molar refractivity (Wildman–Crippen MR) is 129 cm³/mol. The van der Waals surface area contributed by atoms with Gasteiger partial charge < -0.3 is 14.2 Å². The molecular weight excluding hydrogens is 445 g/mol. The molecule has 2 fully saturated rings. The standard InChI is InChI=1S/C24H22ClN3O3P/c25-18-8-7-13-21(16-18)28-23(29)17-22(24(28)30)32(31)26(19-9-3-1-4-10-19)14-15-27(32)20-11-5-2-6-12-20/h1-13,16,22,31H,14-15,17H2. The molecule has 0 aromatic heterocycles. The van der Waals surface area contributed by atoms with Gasteiger partial charge in [-0.25, -0.2) is 4.90 Å². The number of halogens is 1. The third-order valence-corrected chi connectivity index (χ3v) is 9.71. The van der Waals surface area contributed by atoms with Crippen LogP contribution in [-0.4, -0.2) is 35.5 Å². The molecule has 2 aliphatic heterocycles. The van der Waals surface area contributed by atoms with Crippen LogP contribution in [0.3, 0.4) is 0 Å². The second kappa shape index (κ2) is 8.21. The Labute approximate surface area is 192 Å². The van der Waals surface area contributed by atoms with Gasteiger partial charge in [-0.15, -0.1) is 0 Å². The number of anilines is 3. The summed E-state index contributed by atoms with van der Waals surface area (Å²) in [6, 6.07) is 25.8. The molecule has 1 unspecified atom stereocenters. The quantitative estimate of drug-likeness (QED) is 0.444. The van der Waals surface area contributed by atoms with Gasteiger partial charge in [0.15, 0.2) is 7.79 Å². The van der Waals surface area contributed by atoms with Crippen LogP contribution in [0, 0.1) is 0 Å². The molecule has 2 aliphatic rings. The van der Waals surface area contributed by atoms with Gasteiger partial charge in [0.25, 0.3) is 0 Å². The molecule has 0 spiro atoms. The van der Waals surface area contributed by atoms with Crippen molar-refractivity contribution in [3.8, 4) is 0 Å². The average Bonchev–Trinajstić information content (AvgIpc) is 3.31. The van der Waals surface area contributed by atoms with Gasteiger partial charge in [0.1, 0.15) is 5.66 Å². The van der Waals surface area contributed by atoms with Gasteiger partial charge in [0.2, 0.25) is 11.8 Å². The van der Waals surface area contributed by atoms with Gasteiger partial charge in [-0.1, -0.05) is 54.1 Å². The fraction of sp³-hybridized carbons (Fsp3) is 0.167. The lowest BCUT2D eigenvalue weighted by Crippen LogP contribution is -2.39. The first-order valence-corrected chi connectivity index (χ1v) is 12.5. The minimum atomic E-state index is -3.27. The number of rotatable bonds is 4. The van der Waals surface area contributed by atoms with E-state index in [1.165, 1.54) is 4.90 Å². The maximum absolute atomic E-state index is 13.7. The number of nitrogens with zero attached hydrogens (tertiary/aromatic N) is 3. The number of carbonyl (C=O) groups excluding carboxylic acids is 2. The molecule has 1 N–H and O–H groups in total. The van der Waals surface area contributed by atoms with Crippen molar-refractivity contribution in [3.63, 3.8) is 0 Å². The zero-order valence-electron chi connectivity index (χ0n) is 17.2. The highest BCUT2D eigenvalue weighted by Gasteiger charge is 2.58. The second-order valence-electron chi connectivity index (χ2n) is 7.80. The topological polar surface area (TPSA) is 64.1 Å². The van der Waals surface area contributed by atoms with E-state index in [0.29, 0.717) is 23.8 Å². The molecule has 5 rings (SSSR count). The molecule has 3 aromatic rings. The number of para-hydroxylation sites is 2. The minimum Gasteiger partial charge on any atom is -0.345 e. The lowest BCUT2D eigenvalue weighted by molar-refractivity contribution is -0.121. The van der Waals surface area contributed by atoms with Crippen LogP contribution in [0.15, 0.2) is 84.9 Å². The van der Waals surface area contributed by atoms with E-state index in [1.807, 2.05) is 70.0 Å². The zero-order chi connectivity index (χ0) is 22.3. The van der Waals surface area contributed by atoms with Crippen LogP contribution >= 0.6 is 19.4 Å². The van der Waals surface area contributed by atoms with Crippen LogP contribution in [0.4, 0.5) is 17.1 Å². The Kier molecular flexibility index (Phi) is 5.38. The van der Waals surface area contributed by atoms with Crippen molar-refractivity contribution in [3.05, 3.63) is 90.0 Å². The van der Waals surface area contributed by atoms with E-state index in [0.717, 1.165) is 11.4 Å². The number of benzene rings is 3. The Morgan fingerprint density at radius 2 is 1.31 bits per heavy atom. The summed E-state index contributed by atoms with van der Waals surface area (Å²) >= 11 is 6.11. The highest BCUT2D eigenvalue weighted by atomic mass is 35.5. The summed E-state index contributed by atoms with van der Waals surface area (Å²) in [5, 5.41) is 0.442. The lowest BCUT2D eigenvalue weighted by Gasteiger charge is -2.45. The Hall–Kier alpha value is -2.92. The second-order valence-corrected chi connectivity index (χ2v) is 11.1. The summed E-state index contributed by atoms with van der Waals surface area (Å²) in [5.41, 5.74) is 1.24. The van der Waals surface area contributed by atoms with Gasteiger partial charge in [-0.3, -0.25) is 9.59 Å². The van der Waals surface area contributed by atoms with Crippen molar-refractivity contribution in [2.24, 2.45) is 0 Å². The van der Waals surface area contributed by atoms with Gasteiger partial charge in [0.05, 0.1) is 5.69 Å². The predicted octanol–water partition coefficient (Wildman–Crippen LogP) is 4.75. The molecule has 2 heterocycles. The van der Waals surface area contributed by atoms with E-state index in [-0.39, 0.29) is 12.3 Å². The summed E-state index contributed by atoms with van der Waals surface area (Å²) in [7, 11) is -3.27. The van der Waals surface area contributed by atoms with Crippen LogP contribution in [0.2, 0.25) is 5.02 Å². The van der Waals surface area contributed by atoms with Crippen LogP contribution in [0.25, 0.3) is 0 Å². The first-order chi connectivity index (χ1) is 15.5. The van der Waals surface area contributed by atoms with E-state index < -0.39 is 19.4 Å². The normalized spacial score (nSPS) is 20.3. The lowest BCUT2D eigenvalue weighted by atomic mass is 10.3. The van der Waals surface area contributed by atoms with Crippen LogP contribution < -0.4 is 14.2 Å². The summed E-state index contributed by atoms with van der Waals surface area (Å²) in [5.74, 6) is -0.722. The van der Waals surface area contributed by atoms with Crippen molar-refractivity contribution in [1.29, 1.82) is 0 Å². The third kappa shape index (κ3) is 3.36. The van der Waals surface area contributed by atoms with E-state index in [4.69, 9.17) is 11.6 Å². The van der Waals surface area contributed by atoms with E-state index in [1.54, 1.807) is 24.3 Å². The fourth-order valence-corrected chi connectivity index (χ4v) is 8.17. The summed E-state index contributed by atoms with van der Waals surface area (Å²) in [4.78, 5) is 40.2.